The Balaban J connectivity index is 1.75. The van der Waals surface area contributed by atoms with Gasteiger partial charge in [-0.3, -0.25) is 4.90 Å². The maximum Gasteiger partial charge on any atom is 0.0599 e. The molecule has 1 unspecified atom stereocenters. The van der Waals surface area contributed by atoms with Crippen LogP contribution in [0.1, 0.15) is 19.3 Å². The van der Waals surface area contributed by atoms with Gasteiger partial charge in [0, 0.05) is 25.7 Å². The molecule has 0 bridgehead atoms. The predicted octanol–water partition coefficient (Wildman–Crippen LogP) is -0.262. The lowest BCUT2D eigenvalue weighted by Crippen LogP contribution is -2.45. The number of nitrogens with zero attached hydrogens (tertiary/aromatic N) is 2. The van der Waals surface area contributed by atoms with Gasteiger partial charge in [-0.05, 0) is 45.4 Å². The van der Waals surface area contributed by atoms with Gasteiger partial charge in [-0.1, -0.05) is 0 Å². The van der Waals surface area contributed by atoms with E-state index in [2.05, 4.69) is 15.1 Å². The molecule has 0 aliphatic carbocycles. The third kappa shape index (κ3) is 3.42. The SMILES string of the molecule is OCC1CNCCCN1CCN1CCCC1. The molecule has 2 N–H and O–H groups in total. The zero-order valence-corrected chi connectivity index (χ0v) is 10.2. The summed E-state index contributed by atoms with van der Waals surface area (Å²) in [6.45, 7) is 8.29. The van der Waals surface area contributed by atoms with Crippen LogP contribution in [0.4, 0.5) is 0 Å². The van der Waals surface area contributed by atoms with Gasteiger partial charge in [0.1, 0.15) is 0 Å². The van der Waals surface area contributed by atoms with Gasteiger partial charge in [-0.25, -0.2) is 0 Å². The first-order valence-corrected chi connectivity index (χ1v) is 6.68. The molecular weight excluding hydrogens is 202 g/mol. The fraction of sp³-hybridized carbons (Fsp3) is 1.00. The Bertz CT molecular complexity index is 195. The molecule has 0 saturated carbocycles. The van der Waals surface area contributed by atoms with Crippen molar-refractivity contribution in [3.8, 4) is 0 Å². The number of aliphatic hydroxyl groups excluding tert-OH is 1. The van der Waals surface area contributed by atoms with Crippen LogP contribution in [0.2, 0.25) is 0 Å². The van der Waals surface area contributed by atoms with Crippen molar-refractivity contribution in [2.24, 2.45) is 0 Å². The molecule has 16 heavy (non-hydrogen) atoms. The van der Waals surface area contributed by atoms with Crippen molar-refractivity contribution < 1.29 is 5.11 Å². The van der Waals surface area contributed by atoms with Gasteiger partial charge in [0.25, 0.3) is 0 Å². The first-order valence-electron chi connectivity index (χ1n) is 6.68. The summed E-state index contributed by atoms with van der Waals surface area (Å²) < 4.78 is 0. The predicted molar refractivity (Wildman–Crippen MR) is 65.6 cm³/mol. The second-order valence-corrected chi connectivity index (χ2v) is 4.98. The summed E-state index contributed by atoms with van der Waals surface area (Å²) in [6.07, 6.45) is 3.94. The molecule has 2 heterocycles. The summed E-state index contributed by atoms with van der Waals surface area (Å²) in [5.74, 6) is 0. The molecule has 2 rings (SSSR count). The highest BCUT2D eigenvalue weighted by Gasteiger charge is 2.21. The topological polar surface area (TPSA) is 38.7 Å². The number of likely N-dealkylation sites (tertiary alicyclic amines) is 1. The minimum atomic E-state index is 0.285. The Labute approximate surface area is 98.6 Å². The molecule has 0 aromatic rings. The van der Waals surface area contributed by atoms with Crippen LogP contribution >= 0.6 is 0 Å². The van der Waals surface area contributed by atoms with Crippen LogP contribution in [0.25, 0.3) is 0 Å². The van der Waals surface area contributed by atoms with E-state index in [0.717, 1.165) is 26.2 Å². The molecule has 4 heteroatoms. The van der Waals surface area contributed by atoms with Crippen molar-refractivity contribution in [2.45, 2.75) is 25.3 Å². The molecule has 0 amide bonds. The lowest BCUT2D eigenvalue weighted by atomic mass is 10.2. The molecule has 4 nitrogen and oxygen atoms in total. The van der Waals surface area contributed by atoms with Crippen molar-refractivity contribution >= 4 is 0 Å². The number of rotatable bonds is 4. The highest BCUT2D eigenvalue weighted by atomic mass is 16.3. The molecule has 2 aliphatic heterocycles. The van der Waals surface area contributed by atoms with Crippen LogP contribution in [0.15, 0.2) is 0 Å². The van der Waals surface area contributed by atoms with Gasteiger partial charge < -0.3 is 15.3 Å². The maximum absolute atomic E-state index is 9.38. The molecule has 0 spiro atoms. The fourth-order valence-electron chi connectivity index (χ4n) is 2.74. The van der Waals surface area contributed by atoms with Crippen molar-refractivity contribution in [2.75, 3.05) is 52.4 Å². The Kier molecular flexibility index (Phi) is 5.03. The third-order valence-electron chi connectivity index (χ3n) is 3.81. The molecule has 0 radical (unpaired) electrons. The van der Waals surface area contributed by atoms with E-state index in [1.165, 1.54) is 38.9 Å². The highest BCUT2D eigenvalue weighted by Crippen LogP contribution is 2.09. The standard InChI is InChI=1S/C12H25N3O/c16-11-12-10-13-4-3-7-15(12)9-8-14-5-1-2-6-14/h12-13,16H,1-11H2. The lowest BCUT2D eigenvalue weighted by molar-refractivity contribution is 0.120. The molecule has 94 valence electrons. The normalized spacial score (nSPS) is 29.4. The van der Waals surface area contributed by atoms with E-state index >= 15 is 0 Å². The minimum Gasteiger partial charge on any atom is -0.395 e. The Morgan fingerprint density at radius 2 is 1.88 bits per heavy atom. The first-order chi connectivity index (χ1) is 7.90. The van der Waals surface area contributed by atoms with Gasteiger partial charge >= 0.3 is 0 Å². The molecule has 0 aromatic heterocycles. The van der Waals surface area contributed by atoms with E-state index < -0.39 is 0 Å². The Morgan fingerprint density at radius 1 is 1.06 bits per heavy atom. The fourth-order valence-corrected chi connectivity index (χ4v) is 2.74. The molecule has 0 aromatic carbocycles. The van der Waals surface area contributed by atoms with Gasteiger partial charge in [0.05, 0.1) is 6.61 Å². The summed E-state index contributed by atoms with van der Waals surface area (Å²) in [4.78, 5) is 5.01. The average molecular weight is 227 g/mol. The summed E-state index contributed by atoms with van der Waals surface area (Å²) in [6, 6.07) is 0.324. The second-order valence-electron chi connectivity index (χ2n) is 4.98. The highest BCUT2D eigenvalue weighted by molar-refractivity contribution is 4.78. The minimum absolute atomic E-state index is 0.285. The van der Waals surface area contributed by atoms with E-state index in [-0.39, 0.29) is 6.61 Å². The zero-order valence-electron chi connectivity index (χ0n) is 10.2. The Morgan fingerprint density at radius 3 is 2.62 bits per heavy atom. The third-order valence-corrected chi connectivity index (χ3v) is 3.81. The van der Waals surface area contributed by atoms with Crippen LogP contribution in [0, 0.1) is 0 Å². The number of aliphatic hydroxyl groups is 1. The van der Waals surface area contributed by atoms with E-state index in [1.54, 1.807) is 0 Å². The monoisotopic (exact) mass is 227 g/mol. The number of hydrogen-bond donors (Lipinski definition) is 2. The van der Waals surface area contributed by atoms with Crippen molar-refractivity contribution in [1.82, 2.24) is 15.1 Å². The van der Waals surface area contributed by atoms with Gasteiger partial charge in [-0.2, -0.15) is 0 Å². The van der Waals surface area contributed by atoms with Crippen LogP contribution in [0.3, 0.4) is 0 Å². The van der Waals surface area contributed by atoms with E-state index in [0.29, 0.717) is 6.04 Å². The Hall–Kier alpha value is -0.160. The summed E-state index contributed by atoms with van der Waals surface area (Å²) in [5.41, 5.74) is 0. The summed E-state index contributed by atoms with van der Waals surface area (Å²) in [5, 5.41) is 12.8. The summed E-state index contributed by atoms with van der Waals surface area (Å²) >= 11 is 0. The largest absolute Gasteiger partial charge is 0.395 e. The molecule has 2 aliphatic rings. The van der Waals surface area contributed by atoms with Crippen LogP contribution < -0.4 is 5.32 Å². The number of hydrogen-bond acceptors (Lipinski definition) is 4. The molecule has 2 fully saturated rings. The molecule has 2 saturated heterocycles. The average Bonchev–Trinajstić information content (AvgIpc) is 2.71. The zero-order chi connectivity index (χ0) is 11.2. The number of nitrogens with one attached hydrogen (secondary N) is 1. The lowest BCUT2D eigenvalue weighted by Gasteiger charge is -2.29. The molecular formula is C12H25N3O. The summed E-state index contributed by atoms with van der Waals surface area (Å²) in [7, 11) is 0. The van der Waals surface area contributed by atoms with Crippen LogP contribution in [0.5, 0.6) is 0 Å². The van der Waals surface area contributed by atoms with Gasteiger partial charge in [0.2, 0.25) is 0 Å². The van der Waals surface area contributed by atoms with E-state index in [4.69, 9.17) is 0 Å². The first kappa shape index (κ1) is 12.3. The van der Waals surface area contributed by atoms with Crippen molar-refractivity contribution in [3.05, 3.63) is 0 Å². The second kappa shape index (κ2) is 6.55. The smallest absolute Gasteiger partial charge is 0.0599 e. The van der Waals surface area contributed by atoms with Crippen LogP contribution in [-0.4, -0.2) is 73.4 Å². The van der Waals surface area contributed by atoms with Crippen molar-refractivity contribution in [1.29, 1.82) is 0 Å². The van der Waals surface area contributed by atoms with Gasteiger partial charge in [0.15, 0.2) is 0 Å². The van der Waals surface area contributed by atoms with Crippen molar-refractivity contribution in [3.63, 3.8) is 0 Å². The van der Waals surface area contributed by atoms with Crippen LogP contribution in [-0.2, 0) is 0 Å². The quantitative estimate of drug-likeness (QED) is 0.694. The van der Waals surface area contributed by atoms with E-state index in [1.807, 2.05) is 0 Å². The van der Waals surface area contributed by atoms with Gasteiger partial charge in [-0.15, -0.1) is 0 Å². The molecule has 1 atom stereocenters. The maximum atomic E-state index is 9.38. The van der Waals surface area contributed by atoms with E-state index in [9.17, 15) is 5.11 Å².